The molecule has 0 bridgehead atoms. The highest BCUT2D eigenvalue weighted by molar-refractivity contribution is 6.09. The fourth-order valence-corrected chi connectivity index (χ4v) is 3.80. The second kappa shape index (κ2) is 7.15. The second-order valence-electron chi connectivity index (χ2n) is 7.19. The van der Waals surface area contributed by atoms with Crippen LogP contribution in [0.2, 0.25) is 0 Å². The summed E-state index contributed by atoms with van der Waals surface area (Å²) in [4.78, 5) is 4.75. The van der Waals surface area contributed by atoms with Gasteiger partial charge in [0.15, 0.2) is 0 Å². The molecule has 6 rings (SSSR count). The van der Waals surface area contributed by atoms with Gasteiger partial charge >= 0.3 is 0 Å². The maximum absolute atomic E-state index is 6.16. The number of para-hydroxylation sites is 2. The summed E-state index contributed by atoms with van der Waals surface area (Å²) in [6, 6.07) is 29.6. The number of hydrogen-bond acceptors (Lipinski definition) is 4. The van der Waals surface area contributed by atoms with Crippen molar-refractivity contribution in [3.63, 3.8) is 0 Å². The maximum atomic E-state index is 6.16. The molecule has 3 aromatic carbocycles. The van der Waals surface area contributed by atoms with E-state index in [-0.39, 0.29) is 0 Å². The lowest BCUT2D eigenvalue weighted by Crippen LogP contribution is -1.95. The molecular weight excluding hydrogens is 386 g/mol. The van der Waals surface area contributed by atoms with Gasteiger partial charge in [0.05, 0.1) is 11.4 Å². The summed E-state index contributed by atoms with van der Waals surface area (Å²) >= 11 is 0. The number of hydrogen-bond donors (Lipinski definition) is 0. The third kappa shape index (κ3) is 3.13. The van der Waals surface area contributed by atoms with Gasteiger partial charge in [-0.05, 0) is 36.4 Å². The number of rotatable bonds is 4. The Morgan fingerprint density at radius 2 is 1.65 bits per heavy atom. The van der Waals surface area contributed by atoms with Gasteiger partial charge in [-0.1, -0.05) is 42.5 Å². The van der Waals surface area contributed by atoms with Crippen LogP contribution in [0.4, 0.5) is 0 Å². The van der Waals surface area contributed by atoms with Crippen molar-refractivity contribution in [3.05, 3.63) is 103 Å². The maximum Gasteiger partial charge on any atom is 0.219 e. The fourth-order valence-electron chi connectivity index (χ4n) is 3.80. The lowest BCUT2D eigenvalue weighted by Gasteiger charge is -2.09. The van der Waals surface area contributed by atoms with Gasteiger partial charge in [0, 0.05) is 40.9 Å². The number of fused-ring (bicyclic) bond motifs is 3. The summed E-state index contributed by atoms with van der Waals surface area (Å²) < 4.78 is 14.0. The lowest BCUT2D eigenvalue weighted by molar-refractivity contribution is 0.463. The molecule has 0 fully saturated rings. The summed E-state index contributed by atoms with van der Waals surface area (Å²) in [5, 5.41) is 6.45. The molecule has 31 heavy (non-hydrogen) atoms. The quantitative estimate of drug-likeness (QED) is 0.332. The van der Waals surface area contributed by atoms with Gasteiger partial charge in [0.2, 0.25) is 5.88 Å². The largest absolute Gasteiger partial charge is 0.455 e. The Labute approximate surface area is 178 Å². The first-order valence-corrected chi connectivity index (χ1v) is 10.0. The van der Waals surface area contributed by atoms with Crippen LogP contribution in [-0.4, -0.2) is 14.8 Å². The zero-order chi connectivity index (χ0) is 20.6. The fraction of sp³-hybridized carbons (Fsp3) is 0. The minimum Gasteiger partial charge on any atom is -0.455 e. The highest BCUT2D eigenvalue weighted by Crippen LogP contribution is 2.35. The van der Waals surface area contributed by atoms with Crippen LogP contribution in [0.25, 0.3) is 38.9 Å². The van der Waals surface area contributed by atoms with Crippen molar-refractivity contribution < 1.29 is 9.15 Å². The van der Waals surface area contributed by atoms with E-state index in [1.165, 1.54) is 0 Å². The number of pyridine rings is 1. The van der Waals surface area contributed by atoms with Crippen LogP contribution >= 0.6 is 0 Å². The minimum atomic E-state index is 0.517. The van der Waals surface area contributed by atoms with Gasteiger partial charge in [0.1, 0.15) is 16.9 Å². The van der Waals surface area contributed by atoms with Crippen LogP contribution in [0.1, 0.15) is 0 Å². The van der Waals surface area contributed by atoms with Crippen LogP contribution in [-0.2, 0) is 0 Å². The molecule has 0 N–H and O–H groups in total. The van der Waals surface area contributed by atoms with E-state index in [0.717, 1.165) is 38.9 Å². The Kier molecular flexibility index (Phi) is 4.03. The molecule has 0 aliphatic carbocycles. The van der Waals surface area contributed by atoms with Gasteiger partial charge in [-0.15, -0.1) is 0 Å². The number of benzene rings is 3. The van der Waals surface area contributed by atoms with Gasteiger partial charge in [-0.2, -0.15) is 5.10 Å². The Morgan fingerprint density at radius 3 is 2.58 bits per heavy atom. The summed E-state index contributed by atoms with van der Waals surface area (Å²) in [5.74, 6) is 1.21. The molecule has 0 atom stereocenters. The molecule has 0 aliphatic rings. The predicted octanol–water partition coefficient (Wildman–Crippen LogP) is 6.63. The summed E-state index contributed by atoms with van der Waals surface area (Å²) in [7, 11) is 0. The Hall–Kier alpha value is -4.38. The zero-order valence-electron chi connectivity index (χ0n) is 16.5. The van der Waals surface area contributed by atoms with Crippen molar-refractivity contribution in [2.24, 2.45) is 0 Å². The third-order valence-electron chi connectivity index (χ3n) is 5.21. The summed E-state index contributed by atoms with van der Waals surface area (Å²) in [6.07, 6.45) is 3.64. The Bertz CT molecular complexity index is 1520. The van der Waals surface area contributed by atoms with E-state index in [0.29, 0.717) is 11.6 Å². The molecule has 0 amide bonds. The molecule has 6 aromatic rings. The standard InChI is InChI=1S/C26H17N3O2/c1-2-13-24-20(9-1)21-10-4-11-22(26(21)31-24)23-12-5-14-25(28-23)30-19-8-3-7-18(17-19)29-16-6-15-27-29/h1-17H. The monoisotopic (exact) mass is 403 g/mol. The van der Waals surface area contributed by atoms with Crippen molar-refractivity contribution in [1.29, 1.82) is 0 Å². The molecule has 0 radical (unpaired) electrons. The molecule has 0 saturated heterocycles. The number of ether oxygens (including phenoxy) is 1. The topological polar surface area (TPSA) is 53.1 Å². The van der Waals surface area contributed by atoms with Crippen LogP contribution in [0.15, 0.2) is 108 Å². The van der Waals surface area contributed by atoms with Crippen LogP contribution < -0.4 is 4.74 Å². The molecule has 3 heterocycles. The van der Waals surface area contributed by atoms with Gasteiger partial charge < -0.3 is 9.15 Å². The van der Waals surface area contributed by atoms with E-state index >= 15 is 0 Å². The number of aromatic nitrogens is 3. The van der Waals surface area contributed by atoms with E-state index in [2.05, 4.69) is 17.2 Å². The van der Waals surface area contributed by atoms with Crippen molar-refractivity contribution in [2.75, 3.05) is 0 Å². The SMILES string of the molecule is c1cc(Oc2cccc(-c3cccc4c3oc3ccccc34)n2)cc(-n2cccn2)c1. The minimum absolute atomic E-state index is 0.517. The van der Waals surface area contributed by atoms with Gasteiger partial charge in [-0.25, -0.2) is 9.67 Å². The average Bonchev–Trinajstić information content (AvgIpc) is 3.48. The van der Waals surface area contributed by atoms with Crippen LogP contribution in [0.5, 0.6) is 11.6 Å². The summed E-state index contributed by atoms with van der Waals surface area (Å²) in [6.45, 7) is 0. The first-order chi connectivity index (χ1) is 15.3. The highest BCUT2D eigenvalue weighted by Gasteiger charge is 2.13. The molecule has 0 spiro atoms. The molecule has 5 nitrogen and oxygen atoms in total. The smallest absolute Gasteiger partial charge is 0.219 e. The van der Waals surface area contributed by atoms with E-state index in [4.69, 9.17) is 14.1 Å². The molecule has 0 aliphatic heterocycles. The average molecular weight is 403 g/mol. The molecular formula is C26H17N3O2. The third-order valence-corrected chi connectivity index (χ3v) is 5.21. The highest BCUT2D eigenvalue weighted by atomic mass is 16.5. The molecule has 5 heteroatoms. The van der Waals surface area contributed by atoms with Crippen molar-refractivity contribution >= 4 is 21.9 Å². The zero-order valence-corrected chi connectivity index (χ0v) is 16.5. The first-order valence-electron chi connectivity index (χ1n) is 10.0. The number of furan rings is 1. The Morgan fingerprint density at radius 1 is 0.774 bits per heavy atom. The van der Waals surface area contributed by atoms with E-state index in [1.807, 2.05) is 85.1 Å². The van der Waals surface area contributed by atoms with Crippen LogP contribution in [0, 0.1) is 0 Å². The summed E-state index contributed by atoms with van der Waals surface area (Å²) in [5.41, 5.74) is 4.35. The van der Waals surface area contributed by atoms with Crippen LogP contribution in [0.3, 0.4) is 0 Å². The normalized spacial score (nSPS) is 11.2. The lowest BCUT2D eigenvalue weighted by atomic mass is 10.1. The molecule has 0 saturated carbocycles. The molecule has 0 unspecified atom stereocenters. The van der Waals surface area contributed by atoms with E-state index in [1.54, 1.807) is 10.9 Å². The molecule has 148 valence electrons. The van der Waals surface area contributed by atoms with Gasteiger partial charge in [-0.3, -0.25) is 0 Å². The predicted molar refractivity (Wildman–Crippen MR) is 121 cm³/mol. The second-order valence-corrected chi connectivity index (χ2v) is 7.19. The molecule has 3 aromatic heterocycles. The van der Waals surface area contributed by atoms with E-state index < -0.39 is 0 Å². The van der Waals surface area contributed by atoms with Crippen molar-refractivity contribution in [1.82, 2.24) is 14.8 Å². The number of nitrogens with zero attached hydrogens (tertiary/aromatic N) is 3. The van der Waals surface area contributed by atoms with E-state index in [9.17, 15) is 0 Å². The van der Waals surface area contributed by atoms with Crippen molar-refractivity contribution in [2.45, 2.75) is 0 Å². The first kappa shape index (κ1) is 17.5. The van der Waals surface area contributed by atoms with Gasteiger partial charge in [0.25, 0.3) is 0 Å². The van der Waals surface area contributed by atoms with Crippen molar-refractivity contribution in [3.8, 4) is 28.6 Å². The Balaban J connectivity index is 1.39.